The van der Waals surface area contributed by atoms with Crippen LogP contribution in [0, 0.1) is 0 Å². The molecule has 0 heterocycles. The number of aliphatic hydroxyl groups is 1. The first-order valence-electron chi connectivity index (χ1n) is 6.53. The molecule has 5 heteroatoms. The molecular formula is C16H17BrO4. The summed E-state index contributed by atoms with van der Waals surface area (Å²) in [5, 5.41) is 9.30. The van der Waals surface area contributed by atoms with Gasteiger partial charge in [-0.25, -0.2) is 0 Å². The first-order chi connectivity index (χ1) is 10.3. The topological polar surface area (TPSA) is 47.9 Å². The number of para-hydroxylation sites is 3. The lowest BCUT2D eigenvalue weighted by atomic mass is 10.2. The van der Waals surface area contributed by atoms with Crippen LogP contribution in [0.4, 0.5) is 0 Å². The van der Waals surface area contributed by atoms with Crippen LogP contribution in [-0.4, -0.2) is 25.4 Å². The molecule has 0 radical (unpaired) electrons. The first-order valence-corrected chi connectivity index (χ1v) is 7.32. The zero-order valence-electron chi connectivity index (χ0n) is 11.7. The molecular weight excluding hydrogens is 336 g/mol. The van der Waals surface area contributed by atoms with Gasteiger partial charge in [0.2, 0.25) is 0 Å². The number of halogens is 1. The van der Waals surface area contributed by atoms with Crippen molar-refractivity contribution in [3.05, 3.63) is 52.5 Å². The van der Waals surface area contributed by atoms with E-state index in [0.29, 0.717) is 30.5 Å². The summed E-state index contributed by atoms with van der Waals surface area (Å²) in [5.41, 5.74) is 0.738. The maximum absolute atomic E-state index is 9.30. The average molecular weight is 353 g/mol. The van der Waals surface area contributed by atoms with Crippen LogP contribution in [0.3, 0.4) is 0 Å². The highest BCUT2D eigenvalue weighted by molar-refractivity contribution is 9.10. The fourth-order valence-electron chi connectivity index (χ4n) is 1.87. The van der Waals surface area contributed by atoms with Crippen LogP contribution in [0.2, 0.25) is 0 Å². The minimum Gasteiger partial charge on any atom is -0.493 e. The number of hydrogen-bond acceptors (Lipinski definition) is 4. The fraction of sp³-hybridized carbons (Fsp3) is 0.250. The summed E-state index contributed by atoms with van der Waals surface area (Å²) >= 11 is 3.41. The Labute approximate surface area is 132 Å². The van der Waals surface area contributed by atoms with Crippen molar-refractivity contribution >= 4 is 15.9 Å². The van der Waals surface area contributed by atoms with Crippen molar-refractivity contribution in [3.63, 3.8) is 0 Å². The number of hydrogen-bond donors (Lipinski definition) is 1. The smallest absolute Gasteiger partial charge is 0.161 e. The van der Waals surface area contributed by atoms with Gasteiger partial charge >= 0.3 is 0 Å². The molecule has 0 aliphatic rings. The van der Waals surface area contributed by atoms with Crippen LogP contribution in [0.25, 0.3) is 0 Å². The molecule has 0 bridgehead atoms. The van der Waals surface area contributed by atoms with Gasteiger partial charge in [-0.1, -0.05) is 24.3 Å². The maximum atomic E-state index is 9.30. The predicted octanol–water partition coefficient (Wildman–Crippen LogP) is 3.41. The SMILES string of the molecule is COc1ccccc1OCCOc1c(Br)cccc1CO. The Morgan fingerprint density at radius 2 is 1.67 bits per heavy atom. The Hall–Kier alpha value is -1.72. The number of aliphatic hydroxyl groups excluding tert-OH is 1. The molecule has 2 aromatic carbocycles. The van der Waals surface area contributed by atoms with Gasteiger partial charge in [-0.3, -0.25) is 0 Å². The van der Waals surface area contributed by atoms with E-state index in [9.17, 15) is 5.11 Å². The van der Waals surface area contributed by atoms with E-state index in [1.54, 1.807) is 7.11 Å². The van der Waals surface area contributed by atoms with Gasteiger partial charge in [-0.05, 0) is 34.1 Å². The van der Waals surface area contributed by atoms with E-state index in [0.717, 1.165) is 10.0 Å². The molecule has 0 atom stereocenters. The summed E-state index contributed by atoms with van der Waals surface area (Å²) in [6.45, 7) is 0.683. The standard InChI is InChI=1S/C16H17BrO4/c1-19-14-7-2-3-8-15(14)20-9-10-21-16-12(11-18)5-4-6-13(16)17/h2-8,18H,9-11H2,1H3. The molecule has 21 heavy (non-hydrogen) atoms. The molecule has 0 aliphatic carbocycles. The van der Waals surface area contributed by atoms with Crippen LogP contribution in [-0.2, 0) is 6.61 Å². The molecule has 0 aliphatic heterocycles. The molecule has 0 spiro atoms. The summed E-state index contributed by atoms with van der Waals surface area (Å²) in [6, 6.07) is 13.0. The number of benzene rings is 2. The largest absolute Gasteiger partial charge is 0.493 e. The minimum atomic E-state index is -0.0673. The van der Waals surface area contributed by atoms with Crippen molar-refractivity contribution < 1.29 is 19.3 Å². The molecule has 0 unspecified atom stereocenters. The minimum absolute atomic E-state index is 0.0673. The van der Waals surface area contributed by atoms with Crippen LogP contribution in [0.5, 0.6) is 17.2 Å². The van der Waals surface area contributed by atoms with E-state index in [-0.39, 0.29) is 6.61 Å². The molecule has 2 aromatic rings. The first kappa shape index (κ1) is 15.7. The van der Waals surface area contributed by atoms with Crippen molar-refractivity contribution in [1.82, 2.24) is 0 Å². The van der Waals surface area contributed by atoms with E-state index >= 15 is 0 Å². The molecule has 0 amide bonds. The van der Waals surface area contributed by atoms with Gasteiger partial charge in [0, 0.05) is 5.56 Å². The van der Waals surface area contributed by atoms with E-state index < -0.39 is 0 Å². The van der Waals surface area contributed by atoms with Crippen molar-refractivity contribution in [2.75, 3.05) is 20.3 Å². The molecule has 1 N–H and O–H groups in total. The summed E-state index contributed by atoms with van der Waals surface area (Å²) in [4.78, 5) is 0. The van der Waals surface area contributed by atoms with Crippen molar-refractivity contribution in [2.24, 2.45) is 0 Å². The molecule has 0 saturated carbocycles. The third kappa shape index (κ3) is 4.12. The van der Waals surface area contributed by atoms with Crippen LogP contribution < -0.4 is 14.2 Å². The average Bonchev–Trinajstić information content (AvgIpc) is 2.52. The Balaban J connectivity index is 1.91. The van der Waals surface area contributed by atoms with E-state index in [2.05, 4.69) is 15.9 Å². The monoisotopic (exact) mass is 352 g/mol. The molecule has 4 nitrogen and oxygen atoms in total. The van der Waals surface area contributed by atoms with E-state index in [1.807, 2.05) is 42.5 Å². The fourth-order valence-corrected chi connectivity index (χ4v) is 2.39. The predicted molar refractivity (Wildman–Crippen MR) is 84.0 cm³/mol. The third-order valence-electron chi connectivity index (χ3n) is 2.88. The highest BCUT2D eigenvalue weighted by atomic mass is 79.9. The summed E-state index contributed by atoms with van der Waals surface area (Å²) in [7, 11) is 1.60. The van der Waals surface area contributed by atoms with Crippen LogP contribution in [0.15, 0.2) is 46.9 Å². The van der Waals surface area contributed by atoms with Crippen LogP contribution >= 0.6 is 15.9 Å². The second kappa shape index (κ2) is 7.90. The van der Waals surface area contributed by atoms with E-state index in [1.165, 1.54) is 0 Å². The van der Waals surface area contributed by atoms with Crippen molar-refractivity contribution in [2.45, 2.75) is 6.61 Å². The number of ether oxygens (including phenoxy) is 3. The lowest BCUT2D eigenvalue weighted by molar-refractivity contribution is 0.204. The zero-order chi connectivity index (χ0) is 15.1. The molecule has 0 aromatic heterocycles. The van der Waals surface area contributed by atoms with Crippen molar-refractivity contribution in [3.8, 4) is 17.2 Å². The maximum Gasteiger partial charge on any atom is 0.161 e. The summed E-state index contributed by atoms with van der Waals surface area (Å²) in [6.07, 6.45) is 0. The molecule has 112 valence electrons. The molecule has 2 rings (SSSR count). The molecule has 0 saturated heterocycles. The van der Waals surface area contributed by atoms with Gasteiger partial charge in [-0.2, -0.15) is 0 Å². The number of methoxy groups -OCH3 is 1. The highest BCUT2D eigenvalue weighted by Gasteiger charge is 2.08. The zero-order valence-corrected chi connectivity index (χ0v) is 13.3. The van der Waals surface area contributed by atoms with E-state index in [4.69, 9.17) is 14.2 Å². The van der Waals surface area contributed by atoms with Crippen LogP contribution in [0.1, 0.15) is 5.56 Å². The van der Waals surface area contributed by atoms with Gasteiger partial charge < -0.3 is 19.3 Å². The van der Waals surface area contributed by atoms with Gasteiger partial charge in [0.15, 0.2) is 11.5 Å². The Morgan fingerprint density at radius 1 is 0.952 bits per heavy atom. The Bertz CT molecular complexity index is 586. The Morgan fingerprint density at radius 3 is 2.38 bits per heavy atom. The summed E-state index contributed by atoms with van der Waals surface area (Å²) in [5.74, 6) is 2.01. The number of rotatable bonds is 7. The highest BCUT2D eigenvalue weighted by Crippen LogP contribution is 2.29. The normalized spacial score (nSPS) is 10.2. The molecule has 0 fully saturated rings. The second-order valence-corrected chi connectivity index (χ2v) is 5.09. The quantitative estimate of drug-likeness (QED) is 0.775. The summed E-state index contributed by atoms with van der Waals surface area (Å²) < 4.78 is 17.3. The lowest BCUT2D eigenvalue weighted by Gasteiger charge is -2.13. The van der Waals surface area contributed by atoms with Gasteiger partial charge in [-0.15, -0.1) is 0 Å². The third-order valence-corrected chi connectivity index (χ3v) is 3.50. The van der Waals surface area contributed by atoms with Gasteiger partial charge in [0.1, 0.15) is 19.0 Å². The van der Waals surface area contributed by atoms with Gasteiger partial charge in [0.25, 0.3) is 0 Å². The van der Waals surface area contributed by atoms with Crippen molar-refractivity contribution in [1.29, 1.82) is 0 Å². The Kier molecular flexibility index (Phi) is 5.90. The van der Waals surface area contributed by atoms with Gasteiger partial charge in [0.05, 0.1) is 18.2 Å². The second-order valence-electron chi connectivity index (χ2n) is 4.23. The lowest BCUT2D eigenvalue weighted by Crippen LogP contribution is -2.10.